The number of carbonyl (C=O) groups excluding carboxylic acids is 1. The minimum absolute atomic E-state index is 0.0780. The van der Waals surface area contributed by atoms with E-state index >= 15 is 0 Å². The first-order chi connectivity index (χ1) is 9.45. The van der Waals surface area contributed by atoms with E-state index < -0.39 is 23.5 Å². The molecule has 1 saturated carbocycles. The van der Waals surface area contributed by atoms with Gasteiger partial charge in [0.1, 0.15) is 11.6 Å². The largest absolute Gasteiger partial charge is 0.480 e. The number of benzene rings is 1. The van der Waals surface area contributed by atoms with Crippen LogP contribution in [0.3, 0.4) is 0 Å². The van der Waals surface area contributed by atoms with Crippen LogP contribution in [0.5, 0.6) is 0 Å². The van der Waals surface area contributed by atoms with Gasteiger partial charge in [-0.3, -0.25) is 14.5 Å². The van der Waals surface area contributed by atoms with E-state index in [0.29, 0.717) is 0 Å². The van der Waals surface area contributed by atoms with Gasteiger partial charge in [-0.25, -0.2) is 8.78 Å². The van der Waals surface area contributed by atoms with Crippen molar-refractivity contribution in [2.45, 2.75) is 18.9 Å². The van der Waals surface area contributed by atoms with Gasteiger partial charge in [0.05, 0.1) is 18.8 Å². The van der Waals surface area contributed by atoms with E-state index in [1.165, 1.54) is 4.90 Å². The fourth-order valence-electron chi connectivity index (χ4n) is 1.89. The smallest absolute Gasteiger partial charge is 0.317 e. The highest BCUT2D eigenvalue weighted by Crippen LogP contribution is 2.26. The first kappa shape index (κ1) is 14.4. The van der Waals surface area contributed by atoms with Gasteiger partial charge in [-0.05, 0) is 25.0 Å². The average molecular weight is 284 g/mol. The zero-order valence-electron chi connectivity index (χ0n) is 10.6. The van der Waals surface area contributed by atoms with E-state index in [2.05, 4.69) is 5.32 Å². The minimum Gasteiger partial charge on any atom is -0.480 e. The van der Waals surface area contributed by atoms with Crippen LogP contribution in [-0.4, -0.2) is 41.0 Å². The molecule has 1 aromatic rings. The number of nitrogens with one attached hydrogen (secondary N) is 1. The second-order valence-corrected chi connectivity index (χ2v) is 4.70. The SMILES string of the molecule is O=C(O)CN(CC(=O)Nc1cc(F)ccc1F)C1CC1. The van der Waals surface area contributed by atoms with Crippen LogP contribution >= 0.6 is 0 Å². The molecule has 1 aliphatic rings. The summed E-state index contributed by atoms with van der Waals surface area (Å²) in [6, 6.07) is 2.83. The van der Waals surface area contributed by atoms with Gasteiger partial charge in [0.2, 0.25) is 5.91 Å². The molecule has 1 amide bonds. The normalized spacial score (nSPS) is 14.3. The van der Waals surface area contributed by atoms with E-state index in [9.17, 15) is 18.4 Å². The molecule has 0 heterocycles. The molecule has 0 atom stereocenters. The zero-order valence-corrected chi connectivity index (χ0v) is 10.6. The summed E-state index contributed by atoms with van der Waals surface area (Å²) in [6.45, 7) is -0.406. The summed E-state index contributed by atoms with van der Waals surface area (Å²) in [6.07, 6.45) is 1.68. The number of halogens is 2. The number of amides is 1. The third-order valence-electron chi connectivity index (χ3n) is 2.95. The van der Waals surface area contributed by atoms with Gasteiger partial charge in [-0.15, -0.1) is 0 Å². The number of carbonyl (C=O) groups is 2. The van der Waals surface area contributed by atoms with Crippen LogP contribution < -0.4 is 5.32 Å². The summed E-state index contributed by atoms with van der Waals surface area (Å²) in [5.41, 5.74) is -0.249. The Hall–Kier alpha value is -2.02. The third-order valence-corrected chi connectivity index (χ3v) is 2.95. The molecule has 0 unspecified atom stereocenters. The maximum Gasteiger partial charge on any atom is 0.317 e. The fraction of sp³-hybridized carbons (Fsp3) is 0.385. The average Bonchev–Trinajstić information content (AvgIpc) is 3.16. The lowest BCUT2D eigenvalue weighted by atomic mass is 10.3. The molecule has 0 radical (unpaired) electrons. The molecular weight excluding hydrogens is 270 g/mol. The summed E-state index contributed by atoms with van der Waals surface area (Å²) in [5.74, 6) is -2.99. The number of hydrogen-bond acceptors (Lipinski definition) is 3. The second-order valence-electron chi connectivity index (χ2n) is 4.70. The first-order valence-corrected chi connectivity index (χ1v) is 6.16. The lowest BCUT2D eigenvalue weighted by Gasteiger charge is -2.19. The number of carboxylic acids is 1. The summed E-state index contributed by atoms with van der Waals surface area (Å²) in [4.78, 5) is 24.0. The number of anilines is 1. The molecule has 0 bridgehead atoms. The molecule has 2 rings (SSSR count). The topological polar surface area (TPSA) is 69.6 Å². The molecule has 1 fully saturated rings. The number of carboxylic acid groups (broad SMARTS) is 1. The molecule has 20 heavy (non-hydrogen) atoms. The molecule has 2 N–H and O–H groups in total. The molecule has 0 saturated heterocycles. The molecule has 1 aromatic carbocycles. The Labute approximate surface area is 114 Å². The Morgan fingerprint density at radius 3 is 2.60 bits per heavy atom. The number of hydrogen-bond donors (Lipinski definition) is 2. The van der Waals surface area contributed by atoms with E-state index in [0.717, 1.165) is 31.0 Å². The monoisotopic (exact) mass is 284 g/mol. The molecular formula is C13H14F2N2O3. The molecule has 0 aliphatic heterocycles. The van der Waals surface area contributed by atoms with E-state index in [1.807, 2.05) is 0 Å². The van der Waals surface area contributed by atoms with Gasteiger partial charge in [-0.1, -0.05) is 0 Å². The highest BCUT2D eigenvalue weighted by atomic mass is 19.1. The maximum absolute atomic E-state index is 13.4. The molecule has 7 heteroatoms. The van der Waals surface area contributed by atoms with Crippen molar-refractivity contribution in [2.75, 3.05) is 18.4 Å². The Kier molecular flexibility index (Phi) is 4.29. The van der Waals surface area contributed by atoms with Gasteiger partial charge >= 0.3 is 5.97 Å². The van der Waals surface area contributed by atoms with Crippen molar-refractivity contribution in [3.8, 4) is 0 Å². The summed E-state index contributed by atoms with van der Waals surface area (Å²) < 4.78 is 26.3. The van der Waals surface area contributed by atoms with Gasteiger partial charge in [0.25, 0.3) is 0 Å². The van der Waals surface area contributed by atoms with Crippen LogP contribution in [0, 0.1) is 11.6 Å². The highest BCUT2D eigenvalue weighted by molar-refractivity contribution is 5.92. The van der Waals surface area contributed by atoms with E-state index in [-0.39, 0.29) is 24.8 Å². The summed E-state index contributed by atoms with van der Waals surface area (Å²) in [5, 5.41) is 11.0. The molecule has 0 spiro atoms. The summed E-state index contributed by atoms with van der Waals surface area (Å²) >= 11 is 0. The van der Waals surface area contributed by atoms with Crippen molar-refractivity contribution in [3.63, 3.8) is 0 Å². The number of rotatable bonds is 6. The Morgan fingerprint density at radius 1 is 1.30 bits per heavy atom. The molecule has 0 aromatic heterocycles. The Bertz CT molecular complexity index is 532. The third kappa shape index (κ3) is 3.99. The van der Waals surface area contributed by atoms with Gasteiger partial charge in [0, 0.05) is 12.1 Å². The van der Waals surface area contributed by atoms with Crippen molar-refractivity contribution in [3.05, 3.63) is 29.8 Å². The van der Waals surface area contributed by atoms with Gasteiger partial charge in [0.15, 0.2) is 0 Å². The van der Waals surface area contributed by atoms with Crippen LogP contribution in [0.4, 0.5) is 14.5 Å². The van der Waals surface area contributed by atoms with E-state index in [1.54, 1.807) is 0 Å². The number of aliphatic carboxylic acids is 1. The van der Waals surface area contributed by atoms with Crippen LogP contribution in [0.15, 0.2) is 18.2 Å². The Morgan fingerprint density at radius 2 is 2.00 bits per heavy atom. The van der Waals surface area contributed by atoms with Crippen molar-refractivity contribution in [1.82, 2.24) is 4.90 Å². The van der Waals surface area contributed by atoms with Crippen molar-refractivity contribution in [1.29, 1.82) is 0 Å². The lowest BCUT2D eigenvalue weighted by molar-refractivity contribution is -0.138. The van der Waals surface area contributed by atoms with Crippen LogP contribution in [0.2, 0.25) is 0 Å². The Balaban J connectivity index is 1.96. The molecule has 108 valence electrons. The van der Waals surface area contributed by atoms with E-state index in [4.69, 9.17) is 5.11 Å². The predicted molar refractivity (Wildman–Crippen MR) is 67.2 cm³/mol. The second kappa shape index (κ2) is 5.96. The molecule has 5 nitrogen and oxygen atoms in total. The van der Waals surface area contributed by atoms with Crippen LogP contribution in [0.1, 0.15) is 12.8 Å². The van der Waals surface area contributed by atoms with Crippen molar-refractivity contribution < 1.29 is 23.5 Å². The van der Waals surface area contributed by atoms with Gasteiger partial charge in [-0.2, -0.15) is 0 Å². The quantitative estimate of drug-likeness (QED) is 0.829. The van der Waals surface area contributed by atoms with Crippen molar-refractivity contribution in [2.24, 2.45) is 0 Å². The highest BCUT2D eigenvalue weighted by Gasteiger charge is 2.31. The van der Waals surface area contributed by atoms with Crippen molar-refractivity contribution >= 4 is 17.6 Å². The van der Waals surface area contributed by atoms with Gasteiger partial charge < -0.3 is 10.4 Å². The fourth-order valence-corrected chi connectivity index (χ4v) is 1.89. The lowest BCUT2D eigenvalue weighted by Crippen LogP contribution is -2.38. The number of nitrogens with zero attached hydrogens (tertiary/aromatic N) is 1. The van der Waals surface area contributed by atoms with Crippen LogP contribution in [0.25, 0.3) is 0 Å². The maximum atomic E-state index is 13.4. The summed E-state index contributed by atoms with van der Waals surface area (Å²) in [7, 11) is 0. The first-order valence-electron chi connectivity index (χ1n) is 6.16. The molecule has 1 aliphatic carbocycles. The zero-order chi connectivity index (χ0) is 14.7. The minimum atomic E-state index is -1.03. The van der Waals surface area contributed by atoms with Crippen LogP contribution in [-0.2, 0) is 9.59 Å². The predicted octanol–water partition coefficient (Wildman–Crippen LogP) is 1.45. The standard InChI is InChI=1S/C13H14F2N2O3/c14-8-1-4-10(15)11(5-8)16-12(18)6-17(7-13(19)20)9-2-3-9/h1,4-5,9H,2-3,6-7H2,(H,16,18)(H,19,20).